The maximum absolute atomic E-state index is 6.68. The standard InChI is InChI=1S/C18H41IO2Si2/c1-12-13-15(20-22(8,9)17(2,3)4)14-16(19)21-23(10,11)18(5,6)7/h15-16H,12-14H2,1-11H3. The smallest absolute Gasteiger partial charge is 0.193 e. The molecule has 0 aromatic carbocycles. The Balaban J connectivity index is 4.89. The Hall–Kier alpha value is 1.08. The third kappa shape index (κ3) is 7.88. The van der Waals surface area contributed by atoms with E-state index in [0.717, 1.165) is 12.8 Å². The van der Waals surface area contributed by atoms with Gasteiger partial charge in [-0.1, -0.05) is 77.5 Å². The van der Waals surface area contributed by atoms with Crippen molar-refractivity contribution in [3.8, 4) is 0 Å². The maximum Gasteiger partial charge on any atom is 0.193 e. The average Bonchev–Trinajstić information content (AvgIpc) is 2.23. The first kappa shape index (κ1) is 24.1. The predicted molar refractivity (Wildman–Crippen MR) is 118 cm³/mol. The van der Waals surface area contributed by atoms with E-state index in [1.807, 2.05) is 0 Å². The summed E-state index contributed by atoms with van der Waals surface area (Å²) in [7, 11) is -3.42. The summed E-state index contributed by atoms with van der Waals surface area (Å²) in [5, 5.41) is 0.525. The van der Waals surface area contributed by atoms with Crippen LogP contribution >= 0.6 is 22.6 Å². The Morgan fingerprint density at radius 2 is 1.22 bits per heavy atom. The first-order valence-electron chi connectivity index (χ1n) is 9.03. The fourth-order valence-electron chi connectivity index (χ4n) is 1.89. The van der Waals surface area contributed by atoms with Crippen LogP contribution < -0.4 is 0 Å². The summed E-state index contributed by atoms with van der Waals surface area (Å²) < 4.78 is 13.5. The molecule has 140 valence electrons. The molecule has 2 nitrogen and oxygen atoms in total. The Labute approximate surface area is 161 Å². The monoisotopic (exact) mass is 472 g/mol. The summed E-state index contributed by atoms with van der Waals surface area (Å²) in [6, 6.07) is 0. The van der Waals surface area contributed by atoms with Gasteiger partial charge in [0, 0.05) is 12.5 Å². The highest BCUT2D eigenvalue weighted by Crippen LogP contribution is 2.40. The summed E-state index contributed by atoms with van der Waals surface area (Å²) >= 11 is 2.48. The van der Waals surface area contributed by atoms with Crippen molar-refractivity contribution in [3.63, 3.8) is 0 Å². The molecule has 0 rings (SSSR count). The molecule has 0 aliphatic rings. The van der Waals surface area contributed by atoms with Crippen LogP contribution in [0.25, 0.3) is 0 Å². The van der Waals surface area contributed by atoms with E-state index in [2.05, 4.69) is 97.2 Å². The number of hydrogen-bond acceptors (Lipinski definition) is 2. The Bertz CT molecular complexity index is 357. The Morgan fingerprint density at radius 3 is 1.57 bits per heavy atom. The van der Waals surface area contributed by atoms with Gasteiger partial charge < -0.3 is 8.85 Å². The molecular weight excluding hydrogens is 431 g/mol. The molecule has 0 aliphatic carbocycles. The molecule has 0 N–H and O–H groups in total. The van der Waals surface area contributed by atoms with Gasteiger partial charge in [-0.15, -0.1) is 0 Å². The van der Waals surface area contributed by atoms with Crippen LogP contribution in [0.4, 0.5) is 0 Å². The molecule has 0 aromatic rings. The van der Waals surface area contributed by atoms with Crippen molar-refractivity contribution in [3.05, 3.63) is 0 Å². The van der Waals surface area contributed by atoms with Gasteiger partial charge in [-0.3, -0.25) is 0 Å². The van der Waals surface area contributed by atoms with Gasteiger partial charge in [0.1, 0.15) is 0 Å². The molecular formula is C18H41IO2Si2. The maximum atomic E-state index is 6.68. The molecule has 0 spiro atoms. The lowest BCUT2D eigenvalue weighted by atomic mass is 10.1. The molecule has 0 amide bonds. The van der Waals surface area contributed by atoms with Crippen LogP contribution in [-0.2, 0) is 8.85 Å². The van der Waals surface area contributed by atoms with Gasteiger partial charge in [0.05, 0.1) is 4.11 Å². The second-order valence-electron chi connectivity index (χ2n) is 9.81. The van der Waals surface area contributed by atoms with E-state index in [1.165, 1.54) is 6.42 Å². The lowest BCUT2D eigenvalue weighted by Crippen LogP contribution is -2.46. The molecule has 0 saturated carbocycles. The van der Waals surface area contributed by atoms with Crippen LogP contribution in [0.15, 0.2) is 0 Å². The molecule has 0 saturated heterocycles. The second-order valence-corrected chi connectivity index (χ2v) is 20.7. The van der Waals surface area contributed by atoms with E-state index in [4.69, 9.17) is 8.85 Å². The zero-order valence-electron chi connectivity index (χ0n) is 17.5. The van der Waals surface area contributed by atoms with Crippen molar-refractivity contribution in [2.24, 2.45) is 0 Å². The minimum atomic E-state index is -1.71. The van der Waals surface area contributed by atoms with E-state index in [0.29, 0.717) is 6.10 Å². The summed E-state index contributed by atoms with van der Waals surface area (Å²) in [6.45, 7) is 25.5. The van der Waals surface area contributed by atoms with Gasteiger partial charge in [0.15, 0.2) is 16.6 Å². The van der Waals surface area contributed by atoms with Crippen molar-refractivity contribution in [1.29, 1.82) is 0 Å². The topological polar surface area (TPSA) is 18.5 Å². The van der Waals surface area contributed by atoms with Crippen LogP contribution in [-0.4, -0.2) is 26.8 Å². The van der Waals surface area contributed by atoms with Crippen LogP contribution in [0.3, 0.4) is 0 Å². The summed E-state index contributed by atoms with van der Waals surface area (Å²) in [5.74, 6) is 0. The zero-order chi connectivity index (χ0) is 18.7. The summed E-state index contributed by atoms with van der Waals surface area (Å²) in [5.41, 5.74) is 0. The molecule has 0 bridgehead atoms. The summed E-state index contributed by atoms with van der Waals surface area (Å²) in [6.07, 6.45) is 3.64. The lowest BCUT2D eigenvalue weighted by molar-refractivity contribution is 0.127. The van der Waals surface area contributed by atoms with E-state index in [1.54, 1.807) is 0 Å². The van der Waals surface area contributed by atoms with Crippen molar-refractivity contribution in [2.45, 2.75) is 114 Å². The fraction of sp³-hybridized carbons (Fsp3) is 1.00. The molecule has 23 heavy (non-hydrogen) atoms. The minimum Gasteiger partial charge on any atom is -0.414 e. The van der Waals surface area contributed by atoms with Gasteiger partial charge in [0.2, 0.25) is 0 Å². The molecule has 2 atom stereocenters. The molecule has 0 aliphatic heterocycles. The van der Waals surface area contributed by atoms with Crippen LogP contribution in [0, 0.1) is 0 Å². The number of alkyl halides is 1. The number of halogens is 1. The number of rotatable bonds is 8. The lowest BCUT2D eigenvalue weighted by Gasteiger charge is -2.41. The van der Waals surface area contributed by atoms with Gasteiger partial charge in [0.25, 0.3) is 0 Å². The first-order valence-corrected chi connectivity index (χ1v) is 16.1. The van der Waals surface area contributed by atoms with E-state index >= 15 is 0 Å². The Morgan fingerprint density at radius 1 is 0.826 bits per heavy atom. The predicted octanol–water partition coefficient (Wildman–Crippen LogP) is 7.35. The highest BCUT2D eigenvalue weighted by molar-refractivity contribution is 14.1. The van der Waals surface area contributed by atoms with Crippen molar-refractivity contribution >= 4 is 39.2 Å². The van der Waals surface area contributed by atoms with Crippen LogP contribution in [0.2, 0.25) is 36.3 Å². The highest BCUT2D eigenvalue weighted by atomic mass is 127. The van der Waals surface area contributed by atoms with E-state index in [-0.39, 0.29) is 14.2 Å². The Kier molecular flexibility index (Phi) is 9.05. The largest absolute Gasteiger partial charge is 0.414 e. The normalized spacial score (nSPS) is 17.2. The molecule has 5 heteroatoms. The zero-order valence-corrected chi connectivity index (χ0v) is 21.6. The SMILES string of the molecule is CCCC(CC(I)O[Si](C)(C)C(C)(C)C)O[Si](C)(C)C(C)(C)C. The third-order valence-electron chi connectivity index (χ3n) is 5.56. The highest BCUT2D eigenvalue weighted by Gasteiger charge is 2.41. The first-order chi connectivity index (χ1) is 10.0. The van der Waals surface area contributed by atoms with Crippen molar-refractivity contribution in [2.75, 3.05) is 0 Å². The minimum absolute atomic E-state index is 0.245. The number of hydrogen-bond donors (Lipinski definition) is 0. The van der Waals surface area contributed by atoms with E-state index < -0.39 is 16.6 Å². The fourth-order valence-corrected chi connectivity index (χ4v) is 6.86. The van der Waals surface area contributed by atoms with Gasteiger partial charge in [-0.05, 0) is 42.7 Å². The van der Waals surface area contributed by atoms with Crippen LogP contribution in [0.5, 0.6) is 0 Å². The molecule has 0 radical (unpaired) electrons. The quantitative estimate of drug-likeness (QED) is 0.209. The third-order valence-corrected chi connectivity index (χ3v) is 15.8. The summed E-state index contributed by atoms with van der Waals surface area (Å²) in [4.78, 5) is 0. The van der Waals surface area contributed by atoms with Crippen molar-refractivity contribution < 1.29 is 8.85 Å². The van der Waals surface area contributed by atoms with Crippen molar-refractivity contribution in [1.82, 2.24) is 0 Å². The van der Waals surface area contributed by atoms with Gasteiger partial charge in [-0.25, -0.2) is 0 Å². The second kappa shape index (κ2) is 8.65. The molecule has 0 heterocycles. The average molecular weight is 473 g/mol. The van der Waals surface area contributed by atoms with Gasteiger partial charge in [-0.2, -0.15) is 0 Å². The van der Waals surface area contributed by atoms with Gasteiger partial charge >= 0.3 is 0 Å². The molecule has 0 fully saturated rings. The molecule has 2 unspecified atom stereocenters. The van der Waals surface area contributed by atoms with Crippen LogP contribution in [0.1, 0.15) is 67.7 Å². The van der Waals surface area contributed by atoms with E-state index in [9.17, 15) is 0 Å². The molecule has 0 aromatic heterocycles.